The van der Waals surface area contributed by atoms with Crippen LogP contribution in [0.15, 0.2) is 0 Å². The fraction of sp³-hybridized carbons (Fsp3) is 0.933. The van der Waals surface area contributed by atoms with Crippen LogP contribution in [0.25, 0.3) is 0 Å². The van der Waals surface area contributed by atoms with Crippen molar-refractivity contribution >= 4 is 5.91 Å². The first-order valence-electron chi connectivity index (χ1n) is 7.45. The lowest BCUT2D eigenvalue weighted by Crippen LogP contribution is -2.47. The van der Waals surface area contributed by atoms with Crippen molar-refractivity contribution in [2.75, 3.05) is 13.1 Å². The zero-order chi connectivity index (χ0) is 13.6. The van der Waals surface area contributed by atoms with Crippen LogP contribution in [0.1, 0.15) is 59.8 Å². The summed E-state index contributed by atoms with van der Waals surface area (Å²) in [7, 11) is 0. The molecule has 2 atom stereocenters. The highest BCUT2D eigenvalue weighted by molar-refractivity contribution is 5.76. The second-order valence-electron chi connectivity index (χ2n) is 6.53. The minimum absolute atomic E-state index is 0.206. The van der Waals surface area contributed by atoms with E-state index in [1.807, 2.05) is 0 Å². The fourth-order valence-corrected chi connectivity index (χ4v) is 3.00. The summed E-state index contributed by atoms with van der Waals surface area (Å²) < 4.78 is 0. The molecule has 18 heavy (non-hydrogen) atoms. The number of hydrogen-bond acceptors (Lipinski definition) is 2. The smallest absolute Gasteiger partial charge is 0.221 e. The van der Waals surface area contributed by atoms with Crippen molar-refractivity contribution in [2.45, 2.75) is 65.8 Å². The zero-order valence-corrected chi connectivity index (χ0v) is 12.5. The molecule has 0 spiro atoms. The number of nitrogens with one attached hydrogen (secondary N) is 2. The van der Waals surface area contributed by atoms with Crippen LogP contribution >= 0.6 is 0 Å². The van der Waals surface area contributed by atoms with E-state index in [0.717, 1.165) is 19.5 Å². The van der Waals surface area contributed by atoms with Gasteiger partial charge in [-0.3, -0.25) is 4.79 Å². The monoisotopic (exact) mass is 254 g/mol. The maximum Gasteiger partial charge on any atom is 0.221 e. The molecule has 2 N–H and O–H groups in total. The van der Waals surface area contributed by atoms with Gasteiger partial charge < -0.3 is 10.6 Å². The molecule has 0 aromatic rings. The lowest BCUT2D eigenvalue weighted by Gasteiger charge is -2.40. The average molecular weight is 254 g/mol. The number of amides is 1. The summed E-state index contributed by atoms with van der Waals surface area (Å²) in [5.41, 5.74) is 0.292. The number of rotatable bonds is 5. The first-order valence-corrected chi connectivity index (χ1v) is 7.45. The first kappa shape index (κ1) is 15.5. The standard InChI is InChI=1S/C15H30N2O/c1-5-16-11-10-14(18)17-13-9-7-6-8-12(13)15(2,3)4/h12-13,16H,5-11H2,1-4H3,(H,17,18). The quantitative estimate of drug-likeness (QED) is 0.741. The molecule has 1 rings (SSSR count). The Hall–Kier alpha value is -0.570. The third kappa shape index (κ3) is 4.97. The lowest BCUT2D eigenvalue weighted by atomic mass is 9.69. The minimum Gasteiger partial charge on any atom is -0.353 e. The average Bonchev–Trinajstić information content (AvgIpc) is 2.28. The van der Waals surface area contributed by atoms with Crippen LogP contribution in [0.2, 0.25) is 0 Å². The van der Waals surface area contributed by atoms with Gasteiger partial charge >= 0.3 is 0 Å². The van der Waals surface area contributed by atoms with Crippen molar-refractivity contribution in [1.82, 2.24) is 10.6 Å². The Bertz CT molecular complexity index is 258. The summed E-state index contributed by atoms with van der Waals surface area (Å²) in [5, 5.41) is 6.45. The Balaban J connectivity index is 2.44. The molecule has 106 valence electrons. The van der Waals surface area contributed by atoms with Gasteiger partial charge in [0.15, 0.2) is 0 Å². The molecule has 2 unspecified atom stereocenters. The summed E-state index contributed by atoms with van der Waals surface area (Å²) in [5.74, 6) is 0.825. The fourth-order valence-electron chi connectivity index (χ4n) is 3.00. The van der Waals surface area contributed by atoms with Gasteiger partial charge in [-0.2, -0.15) is 0 Å². The Labute approximate surface area is 112 Å². The van der Waals surface area contributed by atoms with E-state index in [9.17, 15) is 4.79 Å². The molecule has 1 amide bonds. The lowest BCUT2D eigenvalue weighted by molar-refractivity contribution is -0.122. The summed E-state index contributed by atoms with van der Waals surface area (Å²) in [6.07, 6.45) is 5.56. The topological polar surface area (TPSA) is 41.1 Å². The zero-order valence-electron chi connectivity index (χ0n) is 12.5. The molecule has 0 heterocycles. The van der Waals surface area contributed by atoms with E-state index in [4.69, 9.17) is 0 Å². The van der Waals surface area contributed by atoms with Crippen molar-refractivity contribution in [3.63, 3.8) is 0 Å². The Morgan fingerprint density at radius 1 is 1.22 bits per heavy atom. The molecular formula is C15H30N2O. The third-order valence-corrected chi connectivity index (χ3v) is 4.00. The van der Waals surface area contributed by atoms with Gasteiger partial charge in [0.1, 0.15) is 0 Å². The van der Waals surface area contributed by atoms with E-state index < -0.39 is 0 Å². The molecule has 1 fully saturated rings. The Morgan fingerprint density at radius 2 is 1.89 bits per heavy atom. The van der Waals surface area contributed by atoms with Gasteiger partial charge in [-0.25, -0.2) is 0 Å². The van der Waals surface area contributed by atoms with E-state index in [2.05, 4.69) is 38.3 Å². The van der Waals surface area contributed by atoms with E-state index in [1.54, 1.807) is 0 Å². The van der Waals surface area contributed by atoms with Crippen molar-refractivity contribution in [2.24, 2.45) is 11.3 Å². The molecule has 0 bridgehead atoms. The SMILES string of the molecule is CCNCCC(=O)NC1CCCCC1C(C)(C)C. The molecule has 1 aliphatic carbocycles. The summed E-state index contributed by atoms with van der Waals surface area (Å²) >= 11 is 0. The molecule has 1 saturated carbocycles. The molecule has 0 aromatic heterocycles. The van der Waals surface area contributed by atoms with Gasteiger partial charge in [-0.1, -0.05) is 40.5 Å². The van der Waals surface area contributed by atoms with Gasteiger partial charge in [0.2, 0.25) is 5.91 Å². The minimum atomic E-state index is 0.206. The molecule has 3 nitrogen and oxygen atoms in total. The Kier molecular flexibility index (Phi) is 6.13. The van der Waals surface area contributed by atoms with Crippen molar-refractivity contribution in [3.8, 4) is 0 Å². The van der Waals surface area contributed by atoms with Crippen LogP contribution in [-0.2, 0) is 4.79 Å². The van der Waals surface area contributed by atoms with Gasteiger partial charge in [0, 0.05) is 19.0 Å². The molecule has 0 aromatic carbocycles. The van der Waals surface area contributed by atoms with Gasteiger partial charge in [-0.15, -0.1) is 0 Å². The highest BCUT2D eigenvalue weighted by atomic mass is 16.1. The van der Waals surface area contributed by atoms with E-state index in [0.29, 0.717) is 23.8 Å². The van der Waals surface area contributed by atoms with Gasteiger partial charge in [-0.05, 0) is 30.7 Å². The molecule has 0 radical (unpaired) electrons. The van der Waals surface area contributed by atoms with Crippen LogP contribution in [0.5, 0.6) is 0 Å². The summed E-state index contributed by atoms with van der Waals surface area (Å²) in [6, 6.07) is 0.382. The molecule has 0 saturated heterocycles. The summed E-state index contributed by atoms with van der Waals surface area (Å²) in [4.78, 5) is 11.9. The molecule has 3 heteroatoms. The maximum absolute atomic E-state index is 11.9. The number of carbonyl (C=O) groups is 1. The van der Waals surface area contributed by atoms with Gasteiger partial charge in [0.25, 0.3) is 0 Å². The number of carbonyl (C=O) groups excluding carboxylic acids is 1. The van der Waals surface area contributed by atoms with Crippen LogP contribution in [0, 0.1) is 11.3 Å². The second kappa shape index (κ2) is 7.13. The molecule has 1 aliphatic rings. The third-order valence-electron chi connectivity index (χ3n) is 4.00. The molecule has 0 aliphatic heterocycles. The van der Waals surface area contributed by atoms with Crippen molar-refractivity contribution in [3.05, 3.63) is 0 Å². The maximum atomic E-state index is 11.9. The van der Waals surface area contributed by atoms with Crippen LogP contribution < -0.4 is 10.6 Å². The van der Waals surface area contributed by atoms with Crippen LogP contribution in [-0.4, -0.2) is 25.0 Å². The highest BCUT2D eigenvalue weighted by Gasteiger charge is 2.34. The van der Waals surface area contributed by atoms with Crippen molar-refractivity contribution < 1.29 is 4.79 Å². The van der Waals surface area contributed by atoms with Crippen LogP contribution in [0.3, 0.4) is 0 Å². The van der Waals surface area contributed by atoms with Crippen molar-refractivity contribution in [1.29, 1.82) is 0 Å². The number of hydrogen-bond donors (Lipinski definition) is 2. The molecular weight excluding hydrogens is 224 g/mol. The van der Waals surface area contributed by atoms with Crippen LogP contribution in [0.4, 0.5) is 0 Å². The van der Waals surface area contributed by atoms with E-state index in [-0.39, 0.29) is 5.91 Å². The predicted molar refractivity (Wildman–Crippen MR) is 76.5 cm³/mol. The van der Waals surface area contributed by atoms with E-state index in [1.165, 1.54) is 19.3 Å². The van der Waals surface area contributed by atoms with E-state index >= 15 is 0 Å². The Morgan fingerprint density at radius 3 is 2.50 bits per heavy atom. The largest absolute Gasteiger partial charge is 0.353 e. The summed E-state index contributed by atoms with van der Waals surface area (Å²) in [6.45, 7) is 10.7. The normalized spacial score (nSPS) is 24.9. The first-order chi connectivity index (χ1) is 8.45. The predicted octanol–water partition coefficient (Wildman–Crippen LogP) is 2.71. The highest BCUT2D eigenvalue weighted by Crippen LogP contribution is 2.37. The van der Waals surface area contributed by atoms with Gasteiger partial charge in [0.05, 0.1) is 0 Å². The second-order valence-corrected chi connectivity index (χ2v) is 6.53.